The van der Waals surface area contributed by atoms with Crippen LogP contribution in [0.3, 0.4) is 0 Å². The summed E-state index contributed by atoms with van der Waals surface area (Å²) in [5, 5.41) is 0. The summed E-state index contributed by atoms with van der Waals surface area (Å²) < 4.78 is 0. The van der Waals surface area contributed by atoms with E-state index < -0.39 is 0 Å². The van der Waals surface area contributed by atoms with Crippen molar-refractivity contribution in [2.45, 2.75) is 67.7 Å². The van der Waals surface area contributed by atoms with Crippen LogP contribution in [-0.2, 0) is 6.42 Å². The molecule has 1 atom stereocenters. The molecule has 0 saturated carbocycles. The largest absolute Gasteiger partial charge is 0.372 e. The molecule has 11 aromatic rings. The number of hydrogen-bond acceptors (Lipinski definition) is 6. The first-order valence-corrected chi connectivity index (χ1v) is 38.4. The number of benzene rings is 11. The van der Waals surface area contributed by atoms with Gasteiger partial charge in [-0.15, -0.1) is 0 Å². The van der Waals surface area contributed by atoms with Gasteiger partial charge in [-0.3, -0.25) is 0 Å². The van der Waals surface area contributed by atoms with Gasteiger partial charge in [-0.25, -0.2) is 0 Å². The minimum absolute atomic E-state index is 0.205. The van der Waals surface area contributed by atoms with Gasteiger partial charge in [-0.2, -0.15) is 0 Å². The highest BCUT2D eigenvalue weighted by Crippen LogP contribution is 2.50. The van der Waals surface area contributed by atoms with Crippen molar-refractivity contribution in [3.63, 3.8) is 0 Å². The first-order chi connectivity index (χ1) is 52.1. The minimum atomic E-state index is 0.205. The molecular formula is C100H98N6. The highest BCUT2D eigenvalue weighted by atomic mass is 15.2. The Morgan fingerprint density at radius 2 is 0.528 bits per heavy atom. The second-order valence-electron chi connectivity index (χ2n) is 27.6. The van der Waals surface area contributed by atoms with Gasteiger partial charge in [0.1, 0.15) is 0 Å². The van der Waals surface area contributed by atoms with Crippen molar-refractivity contribution in [3.05, 3.63) is 357 Å². The molecule has 0 amide bonds. The number of nitrogens with zero attached hydrogens (tertiary/aromatic N) is 6. The molecule has 0 fully saturated rings. The van der Waals surface area contributed by atoms with Crippen molar-refractivity contribution in [1.29, 1.82) is 0 Å². The molecule has 3 aliphatic rings. The maximum Gasteiger partial charge on any atom is 0.0462 e. The van der Waals surface area contributed by atoms with Crippen molar-refractivity contribution < 1.29 is 0 Å². The van der Waals surface area contributed by atoms with E-state index in [2.05, 4.69) is 419 Å². The average Bonchev–Trinajstić information content (AvgIpc) is 0.727. The zero-order valence-electron chi connectivity index (χ0n) is 62.9. The molecule has 0 bridgehead atoms. The summed E-state index contributed by atoms with van der Waals surface area (Å²) in [5.74, 6) is 0.205. The number of hydrogen-bond donors (Lipinski definition) is 0. The Kier molecular flexibility index (Phi) is 22.3. The van der Waals surface area contributed by atoms with Gasteiger partial charge >= 0.3 is 0 Å². The second kappa shape index (κ2) is 33.3. The van der Waals surface area contributed by atoms with E-state index >= 15 is 0 Å². The summed E-state index contributed by atoms with van der Waals surface area (Å²) in [6.45, 7) is 25.6. The first-order valence-electron chi connectivity index (χ1n) is 38.4. The fourth-order valence-corrected chi connectivity index (χ4v) is 15.3. The molecule has 528 valence electrons. The molecular weight excluding hydrogens is 1290 g/mol. The molecule has 0 saturated heterocycles. The van der Waals surface area contributed by atoms with Gasteiger partial charge in [-0.05, 0) is 284 Å². The van der Waals surface area contributed by atoms with Crippen LogP contribution in [0.4, 0.5) is 56.9 Å². The average molecular weight is 1380 g/mol. The summed E-state index contributed by atoms with van der Waals surface area (Å²) in [6, 6.07) is 94.5. The van der Waals surface area contributed by atoms with Crippen molar-refractivity contribution in [2.24, 2.45) is 0 Å². The van der Waals surface area contributed by atoms with Gasteiger partial charge in [0.25, 0.3) is 0 Å². The van der Waals surface area contributed by atoms with Crippen LogP contribution in [0.15, 0.2) is 290 Å². The van der Waals surface area contributed by atoms with E-state index in [0.717, 1.165) is 115 Å². The SMILES string of the molecule is CCN(CC)c1ccc(C=Cc2ccc(N(c3ccc(/C=C\c4ccc(N(CC)CC)cc4)cc3)c3ccc(-c4cc5c6c(c4)CC=C4C=C(c7ccc(N(c8ccc(/C=C\c9ccc(N(CC)CC)cc9)cc8)c8ccc(/C=C/c9ccc(N(CC)CC)cc9)cc8)cc7)C=C(C=C5)C46)cc3)cc2)cc1. The van der Waals surface area contributed by atoms with E-state index in [1.54, 1.807) is 0 Å². The molecule has 0 heterocycles. The summed E-state index contributed by atoms with van der Waals surface area (Å²) in [6.07, 6.45) is 30.6. The standard InChI is InChI=1S/C100H98N6/c1-9-101(10-2)89-49-25-73(26-50-89)17-21-77-33-57-93(58-34-77)105(94-59-35-78(36-60-94)22-18-74-27-51-90(52-28-74)102(11-3)12-4)97-65-45-81(46-66-97)87-69-83-41-43-85-71-88(72-86-44-42-84(70-87)99(83)100(85)86)82-47-67-98(68-48-82)106(95-61-37-79(38-62-95)23-19-75-29-53-91(54-30-75)103(13-5)14-6)96-63-39-80(40-64-96)24-20-76-31-55-92(56-32-76)104(15-7)16-8/h17-43,45-72,99H,9-16,44H2,1-8H3/b21-17-,22-18+,23-19-,24-20?. The lowest BCUT2D eigenvalue weighted by Crippen LogP contribution is -2.21. The zero-order valence-corrected chi connectivity index (χ0v) is 62.9. The maximum atomic E-state index is 2.48. The Balaban J connectivity index is 0.701. The summed E-state index contributed by atoms with van der Waals surface area (Å²) >= 11 is 0. The molecule has 3 aliphatic carbocycles. The van der Waals surface area contributed by atoms with E-state index in [0.29, 0.717) is 0 Å². The molecule has 14 rings (SSSR count). The highest BCUT2D eigenvalue weighted by Gasteiger charge is 2.32. The van der Waals surface area contributed by atoms with Crippen molar-refractivity contribution in [3.8, 4) is 11.1 Å². The lowest BCUT2D eigenvalue weighted by Gasteiger charge is -2.35. The third-order valence-corrected chi connectivity index (χ3v) is 21.4. The van der Waals surface area contributed by atoms with E-state index in [1.165, 1.54) is 95.1 Å². The van der Waals surface area contributed by atoms with Crippen LogP contribution >= 0.6 is 0 Å². The quantitative estimate of drug-likeness (QED) is 0.0452. The number of allylic oxidation sites excluding steroid dienone is 7. The van der Waals surface area contributed by atoms with Gasteiger partial charge in [0.15, 0.2) is 0 Å². The second-order valence-corrected chi connectivity index (χ2v) is 27.6. The van der Waals surface area contributed by atoms with Gasteiger partial charge in [0.05, 0.1) is 0 Å². The molecule has 11 aromatic carbocycles. The summed E-state index contributed by atoms with van der Waals surface area (Å²) in [7, 11) is 0. The van der Waals surface area contributed by atoms with Gasteiger partial charge < -0.3 is 29.4 Å². The lowest BCUT2D eigenvalue weighted by atomic mass is 9.69. The molecule has 6 heteroatoms. The molecule has 0 N–H and O–H groups in total. The Morgan fingerprint density at radius 1 is 0.264 bits per heavy atom. The van der Waals surface area contributed by atoms with Crippen LogP contribution in [0.5, 0.6) is 0 Å². The van der Waals surface area contributed by atoms with Crippen molar-refractivity contribution in [2.75, 3.05) is 81.8 Å². The molecule has 0 aromatic heterocycles. The predicted molar refractivity (Wildman–Crippen MR) is 463 cm³/mol. The fraction of sp³-hybridized carbons (Fsp3) is 0.180. The van der Waals surface area contributed by atoms with Crippen molar-refractivity contribution >= 4 is 117 Å². The van der Waals surface area contributed by atoms with Gasteiger partial charge in [-0.1, -0.05) is 206 Å². The van der Waals surface area contributed by atoms with Crippen LogP contribution < -0.4 is 29.4 Å². The smallest absolute Gasteiger partial charge is 0.0462 e. The molecule has 0 spiro atoms. The Morgan fingerprint density at radius 3 is 0.811 bits per heavy atom. The molecule has 6 nitrogen and oxygen atoms in total. The van der Waals surface area contributed by atoms with Crippen molar-refractivity contribution in [1.82, 2.24) is 0 Å². The van der Waals surface area contributed by atoms with Crippen LogP contribution in [0.2, 0.25) is 0 Å². The fourth-order valence-electron chi connectivity index (χ4n) is 15.3. The monoisotopic (exact) mass is 1380 g/mol. The summed E-state index contributed by atoms with van der Waals surface area (Å²) in [5.41, 5.74) is 32.7. The third kappa shape index (κ3) is 16.1. The predicted octanol–water partition coefficient (Wildman–Crippen LogP) is 26.0. The van der Waals surface area contributed by atoms with Crippen LogP contribution in [0.25, 0.3) is 71.4 Å². The van der Waals surface area contributed by atoms with E-state index in [9.17, 15) is 0 Å². The Labute approximate surface area is 630 Å². The number of rotatable bonds is 28. The van der Waals surface area contributed by atoms with E-state index in [4.69, 9.17) is 0 Å². The molecule has 0 radical (unpaired) electrons. The number of anilines is 10. The molecule has 0 aliphatic heterocycles. The normalized spacial score (nSPS) is 13.6. The van der Waals surface area contributed by atoms with Crippen LogP contribution in [0, 0.1) is 0 Å². The Hall–Kier alpha value is -11.9. The third-order valence-electron chi connectivity index (χ3n) is 21.4. The van der Waals surface area contributed by atoms with Gasteiger partial charge in [0, 0.05) is 115 Å². The van der Waals surface area contributed by atoms with Gasteiger partial charge in [0.2, 0.25) is 0 Å². The van der Waals surface area contributed by atoms with Crippen LogP contribution in [-0.4, -0.2) is 52.4 Å². The first kappa shape index (κ1) is 71.1. The maximum absolute atomic E-state index is 2.48. The van der Waals surface area contributed by atoms with E-state index in [1.807, 2.05) is 0 Å². The zero-order chi connectivity index (χ0) is 72.9. The molecule has 106 heavy (non-hydrogen) atoms. The molecule has 1 unspecified atom stereocenters. The van der Waals surface area contributed by atoms with E-state index in [-0.39, 0.29) is 5.92 Å². The minimum Gasteiger partial charge on any atom is -0.372 e. The summed E-state index contributed by atoms with van der Waals surface area (Å²) in [4.78, 5) is 14.3. The Bertz CT molecular complexity index is 4820. The lowest BCUT2D eigenvalue weighted by molar-refractivity contribution is 0.866. The van der Waals surface area contributed by atoms with Crippen LogP contribution in [0.1, 0.15) is 128 Å². The highest BCUT2D eigenvalue weighted by molar-refractivity contribution is 5.89. The topological polar surface area (TPSA) is 19.4 Å².